The molecule has 0 aromatic carbocycles. The molecule has 1 aliphatic rings. The number of aliphatic imine (C=N–C) groups is 1. The average Bonchev–Trinajstić information content (AvgIpc) is 2.35. The molecule has 1 unspecified atom stereocenters. The Morgan fingerprint density at radius 3 is 2.82 bits per heavy atom. The Bertz CT molecular complexity index is 151. The summed E-state index contributed by atoms with van der Waals surface area (Å²) in [5.41, 5.74) is 5.89. The van der Waals surface area contributed by atoms with Crippen molar-refractivity contribution < 1.29 is 0 Å². The van der Waals surface area contributed by atoms with Crippen molar-refractivity contribution in [3.8, 4) is 0 Å². The van der Waals surface area contributed by atoms with Gasteiger partial charge in [-0.05, 0) is 12.3 Å². The van der Waals surface area contributed by atoms with Crippen LogP contribution >= 0.6 is 0 Å². The maximum absolute atomic E-state index is 5.89. The smallest absolute Gasteiger partial charge is 0.113 e. The molecule has 0 bridgehead atoms. The summed E-state index contributed by atoms with van der Waals surface area (Å²) in [5.74, 6) is 1.65. The zero-order valence-electron chi connectivity index (χ0n) is 7.30. The zero-order valence-corrected chi connectivity index (χ0v) is 7.30. The summed E-state index contributed by atoms with van der Waals surface area (Å²) in [6, 6.07) is 0.123. The molecule has 0 aromatic heterocycles. The van der Waals surface area contributed by atoms with Crippen molar-refractivity contribution in [2.75, 3.05) is 13.1 Å². The van der Waals surface area contributed by atoms with E-state index in [2.05, 4.69) is 24.2 Å². The largest absolute Gasteiger partial charge is 0.371 e. The molecule has 0 spiro atoms. The molecule has 1 aliphatic heterocycles. The average molecular weight is 155 g/mol. The minimum atomic E-state index is 0.123. The molecule has 0 aliphatic carbocycles. The van der Waals surface area contributed by atoms with Crippen molar-refractivity contribution >= 4 is 5.84 Å². The van der Waals surface area contributed by atoms with Crippen LogP contribution in [0, 0.1) is 5.92 Å². The van der Waals surface area contributed by atoms with Crippen LogP contribution in [0.1, 0.15) is 20.3 Å². The molecule has 1 heterocycles. The van der Waals surface area contributed by atoms with Gasteiger partial charge in [0.25, 0.3) is 0 Å². The molecule has 64 valence electrons. The van der Waals surface area contributed by atoms with Crippen LogP contribution in [0.4, 0.5) is 0 Å². The predicted molar refractivity (Wildman–Crippen MR) is 47.7 cm³/mol. The molecule has 1 atom stereocenters. The molecular weight excluding hydrogens is 138 g/mol. The molecule has 1 rings (SSSR count). The topological polar surface area (TPSA) is 50.4 Å². The van der Waals surface area contributed by atoms with Gasteiger partial charge in [0.1, 0.15) is 5.84 Å². The summed E-state index contributed by atoms with van der Waals surface area (Å²) in [6.07, 6.45) is 1.02. The van der Waals surface area contributed by atoms with Crippen LogP contribution in [0.2, 0.25) is 0 Å². The lowest BCUT2D eigenvalue weighted by Gasteiger charge is -2.13. The first kappa shape index (κ1) is 8.53. The summed E-state index contributed by atoms with van der Waals surface area (Å²) in [7, 11) is 0. The highest BCUT2D eigenvalue weighted by molar-refractivity contribution is 5.88. The molecule has 3 N–H and O–H groups in total. The number of hydrogen-bond acceptors (Lipinski definition) is 3. The molecule has 3 heteroatoms. The first-order valence-corrected chi connectivity index (χ1v) is 4.24. The highest BCUT2D eigenvalue weighted by Gasteiger charge is 2.14. The van der Waals surface area contributed by atoms with E-state index in [0.29, 0.717) is 5.92 Å². The quantitative estimate of drug-likeness (QED) is 0.618. The number of rotatable bonds is 3. The molecule has 0 amide bonds. The second-order valence-electron chi connectivity index (χ2n) is 3.43. The Morgan fingerprint density at radius 1 is 1.64 bits per heavy atom. The lowest BCUT2D eigenvalue weighted by atomic mass is 10.0. The van der Waals surface area contributed by atoms with E-state index in [1.807, 2.05) is 0 Å². The van der Waals surface area contributed by atoms with E-state index in [4.69, 9.17) is 5.73 Å². The van der Waals surface area contributed by atoms with E-state index in [1.54, 1.807) is 0 Å². The Hall–Kier alpha value is -0.570. The van der Waals surface area contributed by atoms with Gasteiger partial charge >= 0.3 is 0 Å². The van der Waals surface area contributed by atoms with Gasteiger partial charge in [-0.1, -0.05) is 13.8 Å². The molecule has 0 saturated heterocycles. The van der Waals surface area contributed by atoms with Gasteiger partial charge in [-0.15, -0.1) is 0 Å². The van der Waals surface area contributed by atoms with Gasteiger partial charge in [0.15, 0.2) is 0 Å². The normalized spacial score (nSPS) is 19.8. The Balaban J connectivity index is 2.34. The molecular formula is C8H17N3. The van der Waals surface area contributed by atoms with E-state index < -0.39 is 0 Å². The third-order valence-corrected chi connectivity index (χ3v) is 1.78. The van der Waals surface area contributed by atoms with Crippen LogP contribution in [-0.4, -0.2) is 25.0 Å². The third kappa shape index (κ3) is 2.50. The Kier molecular flexibility index (Phi) is 2.88. The minimum absolute atomic E-state index is 0.123. The van der Waals surface area contributed by atoms with E-state index in [9.17, 15) is 0 Å². The van der Waals surface area contributed by atoms with Gasteiger partial charge in [0, 0.05) is 6.54 Å². The monoisotopic (exact) mass is 155 g/mol. The maximum atomic E-state index is 5.89. The van der Waals surface area contributed by atoms with Crippen molar-refractivity contribution in [2.24, 2.45) is 16.6 Å². The first-order valence-electron chi connectivity index (χ1n) is 4.24. The maximum Gasteiger partial charge on any atom is 0.113 e. The van der Waals surface area contributed by atoms with Crippen molar-refractivity contribution in [3.63, 3.8) is 0 Å². The van der Waals surface area contributed by atoms with E-state index in [1.165, 1.54) is 0 Å². The molecule has 3 nitrogen and oxygen atoms in total. The second-order valence-corrected chi connectivity index (χ2v) is 3.43. The molecule has 0 radical (unpaired) electrons. The van der Waals surface area contributed by atoms with Gasteiger partial charge in [0.2, 0.25) is 0 Å². The molecule has 0 fully saturated rings. The van der Waals surface area contributed by atoms with E-state index in [-0.39, 0.29) is 6.04 Å². The summed E-state index contributed by atoms with van der Waals surface area (Å²) < 4.78 is 0. The van der Waals surface area contributed by atoms with E-state index in [0.717, 1.165) is 25.3 Å². The van der Waals surface area contributed by atoms with Gasteiger partial charge in [-0.25, -0.2) is 0 Å². The van der Waals surface area contributed by atoms with Crippen LogP contribution in [0.3, 0.4) is 0 Å². The van der Waals surface area contributed by atoms with E-state index >= 15 is 0 Å². The van der Waals surface area contributed by atoms with Crippen LogP contribution in [0.15, 0.2) is 4.99 Å². The SMILES string of the molecule is CC(C)CC(N)C1=NCCN1. The summed E-state index contributed by atoms with van der Waals surface area (Å²) in [6.45, 7) is 6.20. The molecule has 0 aromatic rings. The molecule has 11 heavy (non-hydrogen) atoms. The Morgan fingerprint density at radius 2 is 2.36 bits per heavy atom. The minimum Gasteiger partial charge on any atom is -0.371 e. The van der Waals surface area contributed by atoms with Crippen molar-refractivity contribution in [1.82, 2.24) is 5.32 Å². The second kappa shape index (κ2) is 3.72. The van der Waals surface area contributed by atoms with Crippen molar-refractivity contribution in [2.45, 2.75) is 26.3 Å². The number of nitrogens with two attached hydrogens (primary N) is 1. The van der Waals surface area contributed by atoms with Gasteiger partial charge in [0.05, 0.1) is 12.6 Å². The zero-order chi connectivity index (χ0) is 8.27. The first-order chi connectivity index (χ1) is 5.20. The fraction of sp³-hybridized carbons (Fsp3) is 0.875. The summed E-state index contributed by atoms with van der Waals surface area (Å²) >= 11 is 0. The van der Waals surface area contributed by atoms with Crippen LogP contribution in [0.25, 0.3) is 0 Å². The highest BCUT2D eigenvalue weighted by atomic mass is 15.1. The summed E-state index contributed by atoms with van der Waals surface area (Å²) in [5, 5.41) is 3.19. The fourth-order valence-electron chi connectivity index (χ4n) is 1.28. The van der Waals surface area contributed by atoms with Crippen molar-refractivity contribution in [1.29, 1.82) is 0 Å². The van der Waals surface area contributed by atoms with Crippen LogP contribution < -0.4 is 11.1 Å². The number of amidine groups is 1. The van der Waals surface area contributed by atoms with Gasteiger partial charge < -0.3 is 11.1 Å². The number of hydrogen-bond donors (Lipinski definition) is 2. The molecule has 0 saturated carbocycles. The fourth-order valence-corrected chi connectivity index (χ4v) is 1.28. The third-order valence-electron chi connectivity index (χ3n) is 1.78. The lowest BCUT2D eigenvalue weighted by Crippen LogP contribution is -2.38. The standard InChI is InChI=1S/C8H17N3/c1-6(2)5-7(9)8-10-3-4-11-8/h6-7H,3-5,9H2,1-2H3,(H,10,11). The predicted octanol–water partition coefficient (Wildman–Crippen LogP) is 0.362. The van der Waals surface area contributed by atoms with Crippen LogP contribution in [-0.2, 0) is 0 Å². The van der Waals surface area contributed by atoms with Gasteiger partial charge in [-0.2, -0.15) is 0 Å². The van der Waals surface area contributed by atoms with Gasteiger partial charge in [-0.3, -0.25) is 4.99 Å². The summed E-state index contributed by atoms with van der Waals surface area (Å²) in [4.78, 5) is 4.27. The van der Waals surface area contributed by atoms with Crippen molar-refractivity contribution in [3.05, 3.63) is 0 Å². The van der Waals surface area contributed by atoms with Crippen LogP contribution in [0.5, 0.6) is 0 Å². The number of nitrogens with zero attached hydrogens (tertiary/aromatic N) is 1. The highest BCUT2D eigenvalue weighted by Crippen LogP contribution is 2.04. The Labute approximate surface area is 68.1 Å². The lowest BCUT2D eigenvalue weighted by molar-refractivity contribution is 0.556. The number of nitrogens with one attached hydrogen (secondary N) is 1.